The topological polar surface area (TPSA) is 3.88 Å². The zero-order valence-electron chi connectivity index (χ0n) is 9.51. The summed E-state index contributed by atoms with van der Waals surface area (Å²) in [5, 5.41) is 0. The minimum atomic E-state index is 1.04. The molecule has 80 valence electrons. The minimum absolute atomic E-state index is 1.04. The van der Waals surface area contributed by atoms with Crippen molar-refractivity contribution in [2.24, 2.45) is 0 Å². The Morgan fingerprint density at radius 1 is 1.00 bits per heavy atom. The van der Waals surface area contributed by atoms with Gasteiger partial charge in [0.05, 0.1) is 0 Å². The number of nitrogens with zero attached hydrogens (tertiary/aromatic N) is 1. The van der Waals surface area contributed by atoms with Crippen LogP contribution in [0, 0.1) is 0 Å². The van der Waals surface area contributed by atoms with Crippen LogP contribution in [0.25, 0.3) is 12.3 Å². The third kappa shape index (κ3) is 2.57. The SMILES string of the molecule is CCc1cccc[n+]1C=Cc1ccccc1. The summed E-state index contributed by atoms with van der Waals surface area (Å²) in [5.41, 5.74) is 2.54. The second kappa shape index (κ2) is 5.26. The maximum absolute atomic E-state index is 2.17. The van der Waals surface area contributed by atoms with Crippen molar-refractivity contribution in [1.29, 1.82) is 0 Å². The first kappa shape index (κ1) is 10.6. The van der Waals surface area contributed by atoms with Crippen molar-refractivity contribution in [3.63, 3.8) is 0 Å². The van der Waals surface area contributed by atoms with Crippen LogP contribution in [0.5, 0.6) is 0 Å². The van der Waals surface area contributed by atoms with Crippen LogP contribution in [0.2, 0.25) is 0 Å². The molecular formula is C15H16N+. The molecule has 0 aliphatic heterocycles. The third-order valence-electron chi connectivity index (χ3n) is 2.57. The summed E-state index contributed by atoms with van der Waals surface area (Å²) >= 11 is 0. The van der Waals surface area contributed by atoms with E-state index in [4.69, 9.17) is 0 Å². The number of pyridine rings is 1. The molecular weight excluding hydrogens is 194 g/mol. The van der Waals surface area contributed by atoms with Gasteiger partial charge in [-0.1, -0.05) is 43.3 Å². The molecule has 0 N–H and O–H groups in total. The van der Waals surface area contributed by atoms with Gasteiger partial charge >= 0.3 is 0 Å². The molecule has 1 aromatic heterocycles. The van der Waals surface area contributed by atoms with E-state index in [1.165, 1.54) is 11.3 Å². The molecule has 1 nitrogen and oxygen atoms in total. The van der Waals surface area contributed by atoms with Crippen molar-refractivity contribution < 1.29 is 4.57 Å². The molecule has 0 aliphatic carbocycles. The predicted octanol–water partition coefficient (Wildman–Crippen LogP) is 3.16. The number of rotatable bonds is 3. The van der Waals surface area contributed by atoms with E-state index in [0.29, 0.717) is 0 Å². The van der Waals surface area contributed by atoms with Crippen LogP contribution in [-0.4, -0.2) is 0 Å². The van der Waals surface area contributed by atoms with E-state index in [0.717, 1.165) is 6.42 Å². The van der Waals surface area contributed by atoms with Crippen molar-refractivity contribution in [2.75, 3.05) is 0 Å². The van der Waals surface area contributed by atoms with E-state index >= 15 is 0 Å². The highest BCUT2D eigenvalue weighted by molar-refractivity contribution is 5.56. The number of benzene rings is 1. The largest absolute Gasteiger partial charge is 0.186 e. The van der Waals surface area contributed by atoms with Crippen LogP contribution in [0.1, 0.15) is 18.2 Å². The van der Waals surface area contributed by atoms with Crippen LogP contribution >= 0.6 is 0 Å². The van der Waals surface area contributed by atoms with Crippen molar-refractivity contribution >= 4 is 12.3 Å². The Morgan fingerprint density at radius 2 is 1.75 bits per heavy atom. The van der Waals surface area contributed by atoms with Crippen LogP contribution in [-0.2, 0) is 6.42 Å². The van der Waals surface area contributed by atoms with Gasteiger partial charge in [-0.15, -0.1) is 0 Å². The van der Waals surface area contributed by atoms with Gasteiger partial charge < -0.3 is 0 Å². The van der Waals surface area contributed by atoms with E-state index < -0.39 is 0 Å². The molecule has 2 rings (SSSR count). The molecule has 0 aliphatic rings. The molecule has 0 radical (unpaired) electrons. The van der Waals surface area contributed by atoms with Gasteiger partial charge in [0, 0.05) is 24.6 Å². The van der Waals surface area contributed by atoms with E-state index in [2.05, 4.69) is 72.4 Å². The lowest BCUT2D eigenvalue weighted by atomic mass is 10.2. The average Bonchev–Trinajstić information content (AvgIpc) is 2.38. The van der Waals surface area contributed by atoms with E-state index in [-0.39, 0.29) is 0 Å². The number of hydrogen-bond acceptors (Lipinski definition) is 0. The molecule has 0 amide bonds. The molecule has 0 fully saturated rings. The van der Waals surface area contributed by atoms with Gasteiger partial charge in [-0.25, -0.2) is 0 Å². The maximum atomic E-state index is 2.17. The standard InChI is InChI=1S/C15H16N/c1-2-15-10-6-7-12-16(15)13-11-14-8-4-3-5-9-14/h3-13H,2H2,1H3/q+1. The van der Waals surface area contributed by atoms with Gasteiger partial charge in [-0.2, -0.15) is 4.57 Å². The molecule has 0 saturated carbocycles. The molecule has 0 saturated heterocycles. The van der Waals surface area contributed by atoms with E-state index in [9.17, 15) is 0 Å². The first-order valence-corrected chi connectivity index (χ1v) is 5.62. The summed E-state index contributed by atoms with van der Waals surface area (Å²) in [5.74, 6) is 0. The van der Waals surface area contributed by atoms with Gasteiger partial charge in [-0.05, 0) is 5.56 Å². The van der Waals surface area contributed by atoms with Crippen LogP contribution in [0.3, 0.4) is 0 Å². The zero-order chi connectivity index (χ0) is 11.2. The summed E-state index contributed by atoms with van der Waals surface area (Å²) in [4.78, 5) is 0. The van der Waals surface area contributed by atoms with Gasteiger partial charge in [0.15, 0.2) is 18.1 Å². The molecule has 0 bridgehead atoms. The fourth-order valence-corrected chi connectivity index (χ4v) is 1.67. The van der Waals surface area contributed by atoms with Crippen molar-refractivity contribution in [3.8, 4) is 0 Å². The highest BCUT2D eigenvalue weighted by Crippen LogP contribution is 2.01. The van der Waals surface area contributed by atoms with Gasteiger partial charge in [0.25, 0.3) is 0 Å². The van der Waals surface area contributed by atoms with Crippen molar-refractivity contribution in [3.05, 3.63) is 66.0 Å². The van der Waals surface area contributed by atoms with Crippen molar-refractivity contribution in [1.82, 2.24) is 0 Å². The summed E-state index contributed by atoms with van der Waals surface area (Å²) in [6.07, 6.45) is 7.35. The predicted molar refractivity (Wildman–Crippen MR) is 67.7 cm³/mol. The van der Waals surface area contributed by atoms with Gasteiger partial charge in [-0.3, -0.25) is 0 Å². The normalized spacial score (nSPS) is 10.8. The van der Waals surface area contributed by atoms with Gasteiger partial charge in [0.1, 0.15) is 0 Å². The fraction of sp³-hybridized carbons (Fsp3) is 0.133. The minimum Gasteiger partial charge on any atom is -0.171 e. The molecule has 0 spiro atoms. The number of hydrogen-bond donors (Lipinski definition) is 0. The Labute approximate surface area is 96.7 Å². The Hall–Kier alpha value is -1.89. The van der Waals surface area contributed by atoms with Crippen LogP contribution in [0.4, 0.5) is 0 Å². The second-order valence-corrected chi connectivity index (χ2v) is 3.68. The summed E-state index contributed by atoms with van der Waals surface area (Å²) in [6, 6.07) is 16.6. The van der Waals surface area contributed by atoms with Gasteiger partial charge in [0.2, 0.25) is 0 Å². The Bertz CT molecular complexity index is 472. The van der Waals surface area contributed by atoms with E-state index in [1.54, 1.807) is 0 Å². The molecule has 1 heterocycles. The lowest BCUT2D eigenvalue weighted by molar-refractivity contribution is -0.576. The molecule has 1 heteroatoms. The highest BCUT2D eigenvalue weighted by Gasteiger charge is 2.02. The quantitative estimate of drug-likeness (QED) is 0.685. The number of aromatic nitrogens is 1. The maximum Gasteiger partial charge on any atom is 0.186 e. The van der Waals surface area contributed by atoms with Crippen LogP contribution in [0.15, 0.2) is 54.7 Å². The first-order valence-electron chi connectivity index (χ1n) is 5.62. The lowest BCUT2D eigenvalue weighted by Gasteiger charge is -1.95. The molecule has 1 aromatic carbocycles. The monoisotopic (exact) mass is 210 g/mol. The lowest BCUT2D eigenvalue weighted by Crippen LogP contribution is -2.30. The Morgan fingerprint density at radius 3 is 2.50 bits per heavy atom. The summed E-state index contributed by atoms with van der Waals surface area (Å²) in [6.45, 7) is 2.17. The Kier molecular flexibility index (Phi) is 3.50. The second-order valence-electron chi connectivity index (χ2n) is 3.68. The van der Waals surface area contributed by atoms with Crippen LogP contribution < -0.4 is 4.57 Å². The van der Waals surface area contributed by atoms with Crippen molar-refractivity contribution in [2.45, 2.75) is 13.3 Å². The molecule has 2 aromatic rings. The zero-order valence-corrected chi connectivity index (χ0v) is 9.51. The highest BCUT2D eigenvalue weighted by atomic mass is 14.9. The summed E-state index contributed by atoms with van der Waals surface area (Å²) < 4.78 is 2.16. The first-order chi connectivity index (χ1) is 7.90. The molecule has 0 atom stereocenters. The smallest absolute Gasteiger partial charge is 0.171 e. The number of aryl methyl sites for hydroxylation is 1. The molecule has 0 unspecified atom stereocenters. The van der Waals surface area contributed by atoms with E-state index in [1.807, 2.05) is 6.07 Å². The fourth-order valence-electron chi connectivity index (χ4n) is 1.67. The third-order valence-corrected chi connectivity index (χ3v) is 2.57. The average molecular weight is 210 g/mol. The summed E-state index contributed by atoms with van der Waals surface area (Å²) in [7, 11) is 0. The Balaban J connectivity index is 2.24. The molecule has 16 heavy (non-hydrogen) atoms.